The van der Waals surface area contributed by atoms with Crippen molar-refractivity contribution in [3.05, 3.63) is 52.3 Å². The van der Waals surface area contributed by atoms with Crippen molar-refractivity contribution in [2.24, 2.45) is 0 Å². The molecule has 0 saturated carbocycles. The molecule has 0 radical (unpaired) electrons. The number of aliphatic hydroxyl groups excluding tert-OH is 1. The van der Waals surface area contributed by atoms with Gasteiger partial charge in [-0.3, -0.25) is 10.1 Å². The van der Waals surface area contributed by atoms with E-state index in [1.807, 2.05) is 0 Å². The van der Waals surface area contributed by atoms with Gasteiger partial charge in [0.1, 0.15) is 5.69 Å². The van der Waals surface area contributed by atoms with Gasteiger partial charge < -0.3 is 5.11 Å². The van der Waals surface area contributed by atoms with Crippen molar-refractivity contribution in [2.75, 3.05) is 0 Å². The molecule has 1 aromatic carbocycles. The number of nitrogens with zero attached hydrogens (tertiary/aromatic N) is 3. The third-order valence-corrected chi connectivity index (χ3v) is 2.43. The van der Waals surface area contributed by atoms with Crippen molar-refractivity contribution in [3.63, 3.8) is 0 Å². The van der Waals surface area contributed by atoms with E-state index in [1.165, 1.54) is 10.7 Å². The number of nitro benzene ring substituents is 1. The second-order valence-corrected chi connectivity index (χ2v) is 3.63. The quantitative estimate of drug-likeness (QED) is 0.647. The van der Waals surface area contributed by atoms with Gasteiger partial charge in [0, 0.05) is 18.5 Å². The van der Waals surface area contributed by atoms with Gasteiger partial charge in [0.05, 0.1) is 11.0 Å². The zero-order valence-electron chi connectivity index (χ0n) is 9.15. The van der Waals surface area contributed by atoms with Crippen LogP contribution in [0.15, 0.2) is 36.7 Å². The molecule has 88 valence electrons. The largest absolute Gasteiger partial charge is 0.389 e. The topological polar surface area (TPSA) is 81.2 Å². The summed E-state index contributed by atoms with van der Waals surface area (Å²) in [6.45, 7) is 1.56. The zero-order chi connectivity index (χ0) is 12.4. The summed E-state index contributed by atoms with van der Waals surface area (Å²) in [6, 6.07) is 6.27. The molecule has 0 bridgehead atoms. The highest BCUT2D eigenvalue weighted by molar-refractivity contribution is 5.54. The van der Waals surface area contributed by atoms with Gasteiger partial charge in [0.15, 0.2) is 0 Å². The van der Waals surface area contributed by atoms with Crippen LogP contribution in [-0.2, 0) is 0 Å². The molecule has 0 amide bonds. The van der Waals surface area contributed by atoms with Crippen LogP contribution in [0, 0.1) is 10.1 Å². The van der Waals surface area contributed by atoms with Gasteiger partial charge in [-0.2, -0.15) is 5.10 Å². The Hall–Kier alpha value is -2.21. The monoisotopic (exact) mass is 233 g/mol. The summed E-state index contributed by atoms with van der Waals surface area (Å²) in [6.07, 6.45) is 2.44. The molecule has 0 aliphatic carbocycles. The van der Waals surface area contributed by atoms with Crippen LogP contribution in [0.2, 0.25) is 0 Å². The molecule has 0 unspecified atom stereocenters. The minimum absolute atomic E-state index is 0.0768. The van der Waals surface area contributed by atoms with Crippen LogP contribution in [0.4, 0.5) is 5.69 Å². The maximum atomic E-state index is 11.0. The lowest BCUT2D eigenvalue weighted by atomic mass is 10.1. The minimum atomic E-state index is -0.736. The maximum absolute atomic E-state index is 11.0. The van der Waals surface area contributed by atoms with Crippen molar-refractivity contribution in [3.8, 4) is 5.69 Å². The molecular weight excluding hydrogens is 222 g/mol. The second-order valence-electron chi connectivity index (χ2n) is 3.63. The summed E-state index contributed by atoms with van der Waals surface area (Å²) in [5, 5.41) is 24.3. The van der Waals surface area contributed by atoms with Crippen molar-refractivity contribution >= 4 is 5.69 Å². The molecule has 0 aliphatic rings. The highest BCUT2D eigenvalue weighted by Crippen LogP contribution is 2.26. The van der Waals surface area contributed by atoms with Crippen molar-refractivity contribution in [2.45, 2.75) is 13.0 Å². The summed E-state index contributed by atoms with van der Waals surface area (Å²) < 4.78 is 1.42. The van der Waals surface area contributed by atoms with E-state index in [2.05, 4.69) is 5.10 Å². The first-order chi connectivity index (χ1) is 8.09. The van der Waals surface area contributed by atoms with E-state index in [4.69, 9.17) is 0 Å². The van der Waals surface area contributed by atoms with Crippen LogP contribution >= 0.6 is 0 Å². The maximum Gasteiger partial charge on any atom is 0.295 e. The first kappa shape index (κ1) is 11.3. The molecule has 6 nitrogen and oxygen atoms in total. The predicted octanol–water partition coefficient (Wildman–Crippen LogP) is 1.83. The minimum Gasteiger partial charge on any atom is -0.389 e. The Morgan fingerprint density at radius 1 is 1.53 bits per heavy atom. The summed E-state index contributed by atoms with van der Waals surface area (Å²) >= 11 is 0. The third-order valence-electron chi connectivity index (χ3n) is 2.43. The van der Waals surface area contributed by atoms with Gasteiger partial charge in [-0.15, -0.1) is 0 Å². The first-order valence-electron chi connectivity index (χ1n) is 5.06. The number of aliphatic hydroxyl groups is 1. The Morgan fingerprint density at radius 2 is 2.29 bits per heavy atom. The molecule has 2 aromatic rings. The Bertz CT molecular complexity index is 535. The lowest BCUT2D eigenvalue weighted by Gasteiger charge is -2.07. The van der Waals surface area contributed by atoms with Crippen LogP contribution in [-0.4, -0.2) is 19.8 Å². The summed E-state index contributed by atoms with van der Waals surface area (Å²) in [5.74, 6) is 0. The van der Waals surface area contributed by atoms with E-state index in [0.717, 1.165) is 0 Å². The van der Waals surface area contributed by atoms with E-state index in [1.54, 1.807) is 37.5 Å². The molecular formula is C11H11N3O3. The second kappa shape index (κ2) is 4.34. The van der Waals surface area contributed by atoms with Gasteiger partial charge >= 0.3 is 0 Å². The molecule has 17 heavy (non-hydrogen) atoms. The molecule has 2 rings (SSSR count). The standard InChI is InChI=1S/C11H11N3O3/c1-8(15)9-3-4-10(11(7-9)14(16)17)13-6-2-5-12-13/h2-8,15H,1H3/t8-/m0/s1. The Morgan fingerprint density at radius 3 is 2.82 bits per heavy atom. The Kier molecular flexibility index (Phi) is 2.88. The molecule has 1 atom stereocenters. The third kappa shape index (κ3) is 2.16. The molecule has 0 aliphatic heterocycles. The number of benzene rings is 1. The molecule has 0 spiro atoms. The zero-order valence-corrected chi connectivity index (χ0v) is 9.15. The predicted molar refractivity (Wildman–Crippen MR) is 60.9 cm³/mol. The molecule has 0 fully saturated rings. The van der Waals surface area contributed by atoms with Gasteiger partial charge in [-0.1, -0.05) is 6.07 Å². The summed E-state index contributed by atoms with van der Waals surface area (Å²) in [5.41, 5.74) is 0.809. The number of nitro groups is 1. The highest BCUT2D eigenvalue weighted by atomic mass is 16.6. The number of hydrogen-bond acceptors (Lipinski definition) is 4. The van der Waals surface area contributed by atoms with E-state index >= 15 is 0 Å². The van der Waals surface area contributed by atoms with Gasteiger partial charge in [0.2, 0.25) is 0 Å². The Labute approximate surface area is 97.3 Å². The van der Waals surface area contributed by atoms with Crippen LogP contribution < -0.4 is 0 Å². The van der Waals surface area contributed by atoms with Crippen LogP contribution in [0.1, 0.15) is 18.6 Å². The van der Waals surface area contributed by atoms with E-state index in [9.17, 15) is 15.2 Å². The number of aromatic nitrogens is 2. The fourth-order valence-corrected chi connectivity index (χ4v) is 1.55. The first-order valence-corrected chi connectivity index (χ1v) is 5.06. The summed E-state index contributed by atoms with van der Waals surface area (Å²) in [4.78, 5) is 10.5. The van der Waals surface area contributed by atoms with Crippen LogP contribution in [0.25, 0.3) is 5.69 Å². The van der Waals surface area contributed by atoms with Gasteiger partial charge in [-0.05, 0) is 24.6 Å². The van der Waals surface area contributed by atoms with E-state index in [0.29, 0.717) is 11.3 Å². The lowest BCUT2D eigenvalue weighted by Crippen LogP contribution is -2.02. The van der Waals surface area contributed by atoms with Crippen LogP contribution in [0.3, 0.4) is 0 Å². The van der Waals surface area contributed by atoms with Crippen molar-refractivity contribution in [1.82, 2.24) is 9.78 Å². The fraction of sp³-hybridized carbons (Fsp3) is 0.182. The van der Waals surface area contributed by atoms with E-state index < -0.39 is 11.0 Å². The average Bonchev–Trinajstić information content (AvgIpc) is 2.81. The van der Waals surface area contributed by atoms with Crippen molar-refractivity contribution < 1.29 is 10.0 Å². The molecule has 6 heteroatoms. The van der Waals surface area contributed by atoms with Gasteiger partial charge in [0.25, 0.3) is 5.69 Å². The molecule has 1 N–H and O–H groups in total. The summed E-state index contributed by atoms with van der Waals surface area (Å²) in [7, 11) is 0. The fourth-order valence-electron chi connectivity index (χ4n) is 1.55. The highest BCUT2D eigenvalue weighted by Gasteiger charge is 2.17. The van der Waals surface area contributed by atoms with Gasteiger partial charge in [-0.25, -0.2) is 4.68 Å². The molecule has 0 saturated heterocycles. The van der Waals surface area contributed by atoms with Crippen LogP contribution in [0.5, 0.6) is 0 Å². The number of rotatable bonds is 3. The number of hydrogen-bond donors (Lipinski definition) is 1. The van der Waals surface area contributed by atoms with Crippen molar-refractivity contribution in [1.29, 1.82) is 0 Å². The normalized spacial score (nSPS) is 12.4. The SMILES string of the molecule is C[C@H](O)c1ccc(-n2cccn2)c([N+](=O)[O-])c1. The molecule has 1 aromatic heterocycles. The van der Waals surface area contributed by atoms with E-state index in [-0.39, 0.29) is 5.69 Å². The average molecular weight is 233 g/mol. The molecule has 1 heterocycles. The lowest BCUT2D eigenvalue weighted by molar-refractivity contribution is -0.384. The Balaban J connectivity index is 2.57. The smallest absolute Gasteiger partial charge is 0.295 e.